The van der Waals surface area contributed by atoms with Crippen LogP contribution in [0.25, 0.3) is 0 Å². The van der Waals surface area contributed by atoms with Gasteiger partial charge in [0.1, 0.15) is 11.4 Å². The lowest BCUT2D eigenvalue weighted by molar-refractivity contribution is -0.373. The van der Waals surface area contributed by atoms with Gasteiger partial charge >= 0.3 is 12.4 Å². The topological polar surface area (TPSA) is 79.2 Å². The monoisotopic (exact) mass is 460 g/mol. The van der Waals surface area contributed by atoms with Crippen LogP contribution in [-0.2, 0) is 4.74 Å². The van der Waals surface area contributed by atoms with Crippen LogP contribution in [0, 0.1) is 18.3 Å². The van der Waals surface area contributed by atoms with Crippen LogP contribution in [0.5, 0.6) is 5.75 Å². The number of anilines is 2. The molecule has 0 fully saturated rings. The molecule has 0 aliphatic carbocycles. The highest BCUT2D eigenvalue weighted by molar-refractivity contribution is 5.66. The Morgan fingerprint density at radius 1 is 1.19 bits per heavy atom. The summed E-state index contributed by atoms with van der Waals surface area (Å²) in [7, 11) is 0. The molecule has 1 atom stereocenters. The Bertz CT molecular complexity index is 1000. The third-order valence-electron chi connectivity index (χ3n) is 4.88. The minimum Gasteiger partial charge on any atom is -0.462 e. The molecule has 6 nitrogen and oxygen atoms in total. The second-order valence-corrected chi connectivity index (χ2v) is 7.20. The van der Waals surface area contributed by atoms with Crippen LogP contribution in [0.15, 0.2) is 30.5 Å². The summed E-state index contributed by atoms with van der Waals surface area (Å²) in [4.78, 5) is 4.21. The van der Waals surface area contributed by atoms with Crippen LogP contribution in [0.1, 0.15) is 30.0 Å². The van der Waals surface area contributed by atoms with E-state index in [1.807, 2.05) is 0 Å². The maximum Gasteiger partial charge on any atom is 0.426 e. The molecule has 0 saturated heterocycles. The van der Waals surface area contributed by atoms with Gasteiger partial charge in [-0.05, 0) is 43.7 Å². The van der Waals surface area contributed by atoms with Crippen molar-refractivity contribution in [3.8, 4) is 11.8 Å². The maximum atomic E-state index is 12.8. The van der Waals surface area contributed by atoms with Crippen molar-refractivity contribution in [2.24, 2.45) is 0 Å². The van der Waals surface area contributed by atoms with Crippen LogP contribution < -0.4 is 15.4 Å². The molecule has 0 saturated carbocycles. The van der Waals surface area contributed by atoms with Gasteiger partial charge in [-0.1, -0.05) is 0 Å². The van der Waals surface area contributed by atoms with E-state index in [0.717, 1.165) is 5.56 Å². The molecular weight excluding hydrogens is 442 g/mol. The van der Waals surface area contributed by atoms with Crippen molar-refractivity contribution in [1.29, 1.82) is 5.26 Å². The Morgan fingerprint density at radius 3 is 2.44 bits per heavy atom. The van der Waals surface area contributed by atoms with E-state index < -0.39 is 30.8 Å². The first kappa shape index (κ1) is 23.5. The third kappa shape index (κ3) is 4.52. The molecule has 3 rings (SSSR count). The molecule has 1 unspecified atom stereocenters. The zero-order valence-electron chi connectivity index (χ0n) is 16.9. The van der Waals surface area contributed by atoms with Crippen molar-refractivity contribution < 1.29 is 35.8 Å². The number of aromatic nitrogens is 1. The summed E-state index contributed by atoms with van der Waals surface area (Å²) >= 11 is 0. The predicted molar refractivity (Wildman–Crippen MR) is 102 cm³/mol. The Labute approximate surface area is 179 Å². The van der Waals surface area contributed by atoms with E-state index in [2.05, 4.69) is 26.4 Å². The highest BCUT2D eigenvalue weighted by Gasteiger charge is 2.69. The van der Waals surface area contributed by atoms with Gasteiger partial charge in [-0.15, -0.1) is 0 Å². The zero-order valence-corrected chi connectivity index (χ0v) is 16.9. The number of hydrogen-bond acceptors (Lipinski definition) is 6. The van der Waals surface area contributed by atoms with Gasteiger partial charge in [0.2, 0.25) is 6.23 Å². The van der Waals surface area contributed by atoms with Crippen LogP contribution >= 0.6 is 0 Å². The van der Waals surface area contributed by atoms with Gasteiger partial charge in [-0.3, -0.25) is 4.98 Å². The first-order valence-corrected chi connectivity index (χ1v) is 9.31. The van der Waals surface area contributed by atoms with Gasteiger partial charge in [-0.2, -0.15) is 31.6 Å². The fourth-order valence-electron chi connectivity index (χ4n) is 2.96. The second-order valence-electron chi connectivity index (χ2n) is 7.20. The number of aryl methyl sites for hydroxylation is 1. The lowest BCUT2D eigenvalue weighted by atomic mass is 10.1. The number of halogens is 6. The largest absolute Gasteiger partial charge is 0.462 e. The number of benzene rings is 1. The number of nitrogens with one attached hydrogen (secondary N) is 2. The maximum absolute atomic E-state index is 12.8. The number of rotatable bonds is 6. The summed E-state index contributed by atoms with van der Waals surface area (Å²) in [5, 5.41) is 14.8. The quantitative estimate of drug-likeness (QED) is 0.463. The normalized spacial score (nSPS) is 16.0. The molecule has 0 amide bonds. The van der Waals surface area contributed by atoms with Crippen molar-refractivity contribution in [3.63, 3.8) is 0 Å². The minimum absolute atomic E-state index is 0.0444. The molecule has 2 aromatic rings. The minimum atomic E-state index is -5.60. The van der Waals surface area contributed by atoms with Gasteiger partial charge in [0, 0.05) is 6.54 Å². The summed E-state index contributed by atoms with van der Waals surface area (Å²) < 4.78 is 86.8. The Kier molecular flexibility index (Phi) is 6.15. The average molecular weight is 460 g/mol. The standard InChI is InChI=1S/C20H18F6N4O2/c1-11-7-12(9-27)8-15-16(11)32-17(30-15)14-4-3-13(10-29-14)28-5-6-31-18(2,19(21,22)23)20(24,25)26/h3-4,7-8,10,17,28,30H,5-6H2,1-2H3. The number of hydrogen-bond donors (Lipinski definition) is 2. The van der Waals surface area contributed by atoms with Crippen LogP contribution in [-0.4, -0.2) is 36.1 Å². The van der Waals surface area contributed by atoms with Crippen molar-refractivity contribution in [2.45, 2.75) is 38.0 Å². The highest BCUT2D eigenvalue weighted by atomic mass is 19.4. The molecule has 1 aromatic heterocycles. The molecule has 1 aromatic carbocycles. The van der Waals surface area contributed by atoms with E-state index in [1.54, 1.807) is 31.2 Å². The lowest BCUT2D eigenvalue weighted by Crippen LogP contribution is -2.56. The Balaban J connectivity index is 1.57. The van der Waals surface area contributed by atoms with E-state index in [-0.39, 0.29) is 13.5 Å². The van der Waals surface area contributed by atoms with Crippen molar-refractivity contribution >= 4 is 11.4 Å². The van der Waals surface area contributed by atoms with Gasteiger partial charge in [0.15, 0.2) is 0 Å². The molecule has 0 radical (unpaired) electrons. The van der Waals surface area contributed by atoms with Crippen LogP contribution in [0.4, 0.5) is 37.7 Å². The summed E-state index contributed by atoms with van der Waals surface area (Å²) in [5.41, 5.74) is -1.51. The molecule has 1 aliphatic heterocycles. The SMILES string of the molecule is Cc1cc(C#N)cc2c1OC(c1ccc(NCCOC(C)(C(F)(F)F)C(F)(F)F)cn1)N2. The molecule has 0 spiro atoms. The van der Waals surface area contributed by atoms with E-state index in [4.69, 9.17) is 10.00 Å². The Morgan fingerprint density at radius 2 is 1.88 bits per heavy atom. The van der Waals surface area contributed by atoms with E-state index in [9.17, 15) is 26.3 Å². The first-order valence-electron chi connectivity index (χ1n) is 9.31. The summed E-state index contributed by atoms with van der Waals surface area (Å²) in [6, 6.07) is 8.53. The number of alkyl halides is 6. The third-order valence-corrected chi connectivity index (χ3v) is 4.88. The van der Waals surface area contributed by atoms with Crippen LogP contribution in [0.2, 0.25) is 0 Å². The molecule has 12 heteroatoms. The predicted octanol–water partition coefficient (Wildman–Crippen LogP) is 5.08. The number of nitrogens with zero attached hydrogens (tertiary/aromatic N) is 2. The number of fused-ring (bicyclic) bond motifs is 1. The van der Waals surface area contributed by atoms with E-state index in [1.165, 1.54) is 6.20 Å². The number of ether oxygens (including phenoxy) is 2. The summed E-state index contributed by atoms with van der Waals surface area (Å²) in [5.74, 6) is 0.590. The zero-order chi connectivity index (χ0) is 23.7. The van der Waals surface area contributed by atoms with Gasteiger partial charge in [0.05, 0.1) is 35.8 Å². The van der Waals surface area contributed by atoms with Gasteiger partial charge in [-0.25, -0.2) is 0 Å². The van der Waals surface area contributed by atoms with Crippen LogP contribution in [0.3, 0.4) is 0 Å². The molecule has 2 heterocycles. The number of pyridine rings is 1. The van der Waals surface area contributed by atoms with Gasteiger partial charge in [0.25, 0.3) is 5.60 Å². The number of nitriles is 1. The van der Waals surface area contributed by atoms with Gasteiger partial charge < -0.3 is 20.1 Å². The molecule has 2 N–H and O–H groups in total. The fourth-order valence-corrected chi connectivity index (χ4v) is 2.96. The molecular formula is C20H18F6N4O2. The summed E-state index contributed by atoms with van der Waals surface area (Å²) in [6.07, 6.45) is -10.5. The molecule has 0 bridgehead atoms. The van der Waals surface area contributed by atoms with Crippen molar-refractivity contribution in [1.82, 2.24) is 4.98 Å². The molecule has 1 aliphatic rings. The average Bonchev–Trinajstić information content (AvgIpc) is 3.14. The molecule has 172 valence electrons. The lowest BCUT2D eigenvalue weighted by Gasteiger charge is -2.33. The second kappa shape index (κ2) is 8.38. The van der Waals surface area contributed by atoms with E-state index in [0.29, 0.717) is 28.4 Å². The smallest absolute Gasteiger partial charge is 0.426 e. The highest BCUT2D eigenvalue weighted by Crippen LogP contribution is 2.45. The van der Waals surface area contributed by atoms with Crippen molar-refractivity contribution in [2.75, 3.05) is 23.8 Å². The molecule has 32 heavy (non-hydrogen) atoms. The fraction of sp³-hybridized carbons (Fsp3) is 0.400. The van der Waals surface area contributed by atoms with Crippen molar-refractivity contribution in [3.05, 3.63) is 47.3 Å². The summed E-state index contributed by atoms with van der Waals surface area (Å²) in [6.45, 7) is 0.620. The first-order chi connectivity index (χ1) is 14.9. The Hall–Kier alpha value is -3.20. The van der Waals surface area contributed by atoms with E-state index >= 15 is 0 Å².